The summed E-state index contributed by atoms with van der Waals surface area (Å²) >= 11 is 3.45. The summed E-state index contributed by atoms with van der Waals surface area (Å²) in [7, 11) is 1.55. The Morgan fingerprint density at radius 2 is 1.97 bits per heavy atom. The number of carbonyl (C=O) groups is 2. The first kappa shape index (κ1) is 21.8. The maximum Gasteiger partial charge on any atom is 0.295 e. The van der Waals surface area contributed by atoms with Gasteiger partial charge in [0.05, 0.1) is 18.7 Å². The highest BCUT2D eigenvalue weighted by atomic mass is 79.9. The van der Waals surface area contributed by atoms with Crippen molar-refractivity contribution in [3.05, 3.63) is 99.3 Å². The van der Waals surface area contributed by atoms with Crippen LogP contribution in [0.3, 0.4) is 0 Å². The van der Waals surface area contributed by atoms with E-state index in [1.54, 1.807) is 62.0 Å². The van der Waals surface area contributed by atoms with Gasteiger partial charge in [0.2, 0.25) is 0 Å². The molecule has 4 rings (SSSR count). The molecule has 162 valence electrons. The molecule has 1 unspecified atom stereocenters. The van der Waals surface area contributed by atoms with Crippen molar-refractivity contribution in [1.82, 2.24) is 9.88 Å². The molecule has 1 atom stereocenters. The second-order valence-electron chi connectivity index (χ2n) is 7.53. The van der Waals surface area contributed by atoms with Crippen LogP contribution in [-0.4, -0.2) is 33.8 Å². The van der Waals surface area contributed by atoms with Crippen LogP contribution in [0, 0.1) is 6.92 Å². The average molecular weight is 493 g/mol. The number of carbonyl (C=O) groups excluding carboxylic acids is 2. The second-order valence-corrected chi connectivity index (χ2v) is 8.38. The van der Waals surface area contributed by atoms with Crippen molar-refractivity contribution < 1.29 is 19.4 Å². The van der Waals surface area contributed by atoms with Crippen LogP contribution in [0.1, 0.15) is 28.3 Å². The zero-order valence-electron chi connectivity index (χ0n) is 17.6. The number of amides is 1. The summed E-state index contributed by atoms with van der Waals surface area (Å²) in [5.74, 6) is -1.01. The first-order chi connectivity index (χ1) is 15.4. The van der Waals surface area contributed by atoms with E-state index in [0.717, 1.165) is 15.6 Å². The minimum Gasteiger partial charge on any atom is -0.507 e. The number of hydrogen-bond acceptors (Lipinski definition) is 5. The molecule has 6 nitrogen and oxygen atoms in total. The van der Waals surface area contributed by atoms with Gasteiger partial charge in [0.1, 0.15) is 11.5 Å². The Morgan fingerprint density at radius 3 is 2.66 bits per heavy atom. The summed E-state index contributed by atoms with van der Waals surface area (Å²) in [5, 5.41) is 11.2. The number of benzene rings is 2. The Morgan fingerprint density at radius 1 is 1.16 bits per heavy atom. The number of Topliss-reactive ketones (excluding diaryl/α,β-unsaturated/α-hetero) is 1. The number of halogens is 1. The normalized spacial score (nSPS) is 17.6. The van der Waals surface area contributed by atoms with Gasteiger partial charge in [-0.2, -0.15) is 0 Å². The van der Waals surface area contributed by atoms with Gasteiger partial charge in [0, 0.05) is 29.0 Å². The van der Waals surface area contributed by atoms with Gasteiger partial charge in [0.25, 0.3) is 11.7 Å². The maximum absolute atomic E-state index is 13.1. The third-order valence-corrected chi connectivity index (χ3v) is 6.35. The van der Waals surface area contributed by atoms with Crippen molar-refractivity contribution in [1.29, 1.82) is 0 Å². The topological polar surface area (TPSA) is 79.7 Å². The van der Waals surface area contributed by atoms with E-state index < -0.39 is 17.7 Å². The van der Waals surface area contributed by atoms with E-state index in [4.69, 9.17) is 4.74 Å². The number of aromatic nitrogens is 1. The Labute approximate surface area is 194 Å². The maximum atomic E-state index is 13.1. The van der Waals surface area contributed by atoms with E-state index >= 15 is 0 Å². The van der Waals surface area contributed by atoms with Crippen LogP contribution in [0.25, 0.3) is 5.76 Å². The summed E-state index contributed by atoms with van der Waals surface area (Å²) in [4.78, 5) is 31.8. The molecular weight excluding hydrogens is 472 g/mol. The number of rotatable bonds is 5. The summed E-state index contributed by atoms with van der Waals surface area (Å²) < 4.78 is 6.23. The number of hydrogen-bond donors (Lipinski definition) is 1. The fourth-order valence-corrected chi connectivity index (χ4v) is 4.08. The molecule has 2 aromatic carbocycles. The van der Waals surface area contributed by atoms with Gasteiger partial charge in [-0.25, -0.2) is 0 Å². The molecule has 7 heteroatoms. The number of pyridine rings is 1. The van der Waals surface area contributed by atoms with Crippen LogP contribution in [-0.2, 0) is 16.1 Å². The molecule has 1 fully saturated rings. The fraction of sp³-hybridized carbons (Fsp3) is 0.160. The lowest BCUT2D eigenvalue weighted by Gasteiger charge is -2.25. The zero-order valence-corrected chi connectivity index (χ0v) is 19.2. The zero-order chi connectivity index (χ0) is 22.8. The number of aryl methyl sites for hydroxylation is 1. The number of ether oxygens (including phenoxy) is 1. The molecule has 1 aromatic heterocycles. The molecule has 0 aliphatic carbocycles. The Balaban J connectivity index is 1.89. The SMILES string of the molecule is COc1cccc(C2/C(=C(/O)c3ccc(Br)c(C)c3)C(=O)C(=O)N2Cc2cccnc2)c1. The Kier molecular flexibility index (Phi) is 6.10. The fourth-order valence-electron chi connectivity index (χ4n) is 3.84. The summed E-state index contributed by atoms with van der Waals surface area (Å²) in [5.41, 5.74) is 2.87. The molecular formula is C25H21BrN2O4. The van der Waals surface area contributed by atoms with Crippen molar-refractivity contribution >= 4 is 33.4 Å². The average Bonchev–Trinajstić information content (AvgIpc) is 3.06. The minimum atomic E-state index is -0.769. The summed E-state index contributed by atoms with van der Waals surface area (Å²) in [6, 6.07) is 15.3. The van der Waals surface area contributed by atoms with E-state index in [0.29, 0.717) is 16.9 Å². The van der Waals surface area contributed by atoms with Crippen molar-refractivity contribution in [2.24, 2.45) is 0 Å². The molecule has 1 N–H and O–H groups in total. The van der Waals surface area contributed by atoms with Gasteiger partial charge in [0.15, 0.2) is 0 Å². The van der Waals surface area contributed by atoms with E-state index in [2.05, 4.69) is 20.9 Å². The summed E-state index contributed by atoms with van der Waals surface area (Å²) in [6.45, 7) is 2.07. The standard InChI is InChI=1S/C25H21BrN2O4/c1-15-11-18(8-9-20(15)26)23(29)21-22(17-6-3-7-19(12-17)32-2)28(25(31)24(21)30)14-16-5-4-10-27-13-16/h3-13,22,29H,14H2,1-2H3/b23-21-. The number of ketones is 1. The van der Waals surface area contributed by atoms with Gasteiger partial charge in [-0.05, 0) is 53.9 Å². The molecule has 2 heterocycles. The van der Waals surface area contributed by atoms with Crippen LogP contribution < -0.4 is 4.74 Å². The lowest BCUT2D eigenvalue weighted by atomic mass is 9.94. The van der Waals surface area contributed by atoms with Gasteiger partial charge in [-0.15, -0.1) is 0 Å². The lowest BCUT2D eigenvalue weighted by molar-refractivity contribution is -0.140. The number of methoxy groups -OCH3 is 1. The highest BCUT2D eigenvalue weighted by Crippen LogP contribution is 2.41. The van der Waals surface area contributed by atoms with Gasteiger partial charge in [-0.1, -0.05) is 40.2 Å². The van der Waals surface area contributed by atoms with E-state index in [1.165, 1.54) is 4.90 Å². The smallest absolute Gasteiger partial charge is 0.295 e. The minimum absolute atomic E-state index is 0.0499. The number of nitrogens with zero attached hydrogens (tertiary/aromatic N) is 2. The van der Waals surface area contributed by atoms with Gasteiger partial charge < -0.3 is 14.7 Å². The van der Waals surface area contributed by atoms with Crippen molar-refractivity contribution in [3.63, 3.8) is 0 Å². The molecule has 0 bridgehead atoms. The number of aliphatic hydroxyl groups excluding tert-OH is 1. The third kappa shape index (κ3) is 4.03. The van der Waals surface area contributed by atoms with Crippen molar-refractivity contribution in [2.75, 3.05) is 7.11 Å². The van der Waals surface area contributed by atoms with Crippen LogP contribution in [0.2, 0.25) is 0 Å². The molecule has 1 amide bonds. The molecule has 0 radical (unpaired) electrons. The predicted molar refractivity (Wildman–Crippen MR) is 124 cm³/mol. The molecule has 1 aliphatic heterocycles. The summed E-state index contributed by atoms with van der Waals surface area (Å²) in [6.07, 6.45) is 3.30. The van der Waals surface area contributed by atoms with Crippen molar-refractivity contribution in [3.8, 4) is 5.75 Å². The van der Waals surface area contributed by atoms with E-state index in [1.807, 2.05) is 19.1 Å². The largest absolute Gasteiger partial charge is 0.507 e. The first-order valence-electron chi connectivity index (χ1n) is 9.98. The highest BCUT2D eigenvalue weighted by molar-refractivity contribution is 9.10. The van der Waals surface area contributed by atoms with Crippen LogP contribution >= 0.6 is 15.9 Å². The van der Waals surface area contributed by atoms with E-state index in [-0.39, 0.29) is 17.9 Å². The van der Waals surface area contributed by atoms with Crippen LogP contribution in [0.15, 0.2) is 77.0 Å². The Hall–Kier alpha value is -3.45. The molecule has 0 saturated carbocycles. The number of likely N-dealkylation sites (tertiary alicyclic amines) is 1. The van der Waals surface area contributed by atoms with E-state index in [9.17, 15) is 14.7 Å². The molecule has 1 aliphatic rings. The highest BCUT2D eigenvalue weighted by Gasteiger charge is 2.46. The molecule has 3 aromatic rings. The molecule has 0 spiro atoms. The third-order valence-electron chi connectivity index (χ3n) is 5.46. The lowest BCUT2D eigenvalue weighted by Crippen LogP contribution is -2.29. The quantitative estimate of drug-likeness (QED) is 0.314. The van der Waals surface area contributed by atoms with Crippen LogP contribution in [0.5, 0.6) is 5.75 Å². The second kappa shape index (κ2) is 8.96. The Bertz CT molecular complexity index is 1220. The number of aliphatic hydroxyl groups is 1. The van der Waals surface area contributed by atoms with Crippen molar-refractivity contribution in [2.45, 2.75) is 19.5 Å². The predicted octanol–water partition coefficient (Wildman–Crippen LogP) is 4.78. The van der Waals surface area contributed by atoms with Gasteiger partial charge in [-0.3, -0.25) is 14.6 Å². The first-order valence-corrected chi connectivity index (χ1v) is 10.8. The van der Waals surface area contributed by atoms with Crippen LogP contribution in [0.4, 0.5) is 0 Å². The molecule has 32 heavy (non-hydrogen) atoms. The molecule has 1 saturated heterocycles. The van der Waals surface area contributed by atoms with Gasteiger partial charge >= 0.3 is 0 Å². The monoisotopic (exact) mass is 492 g/mol.